The molecule has 0 aliphatic carbocycles. The molecule has 0 unspecified atom stereocenters. The fourth-order valence-electron chi connectivity index (χ4n) is 2.76. The van der Waals surface area contributed by atoms with Gasteiger partial charge in [0.25, 0.3) is 0 Å². The third kappa shape index (κ3) is 6.19. The van der Waals surface area contributed by atoms with Crippen molar-refractivity contribution >= 4 is 17.4 Å². The largest absolute Gasteiger partial charge is 0.573 e. The van der Waals surface area contributed by atoms with Crippen LogP contribution in [0.1, 0.15) is 29.2 Å². The molecular formula is C21H20F4N2O5. The molecule has 172 valence electrons. The van der Waals surface area contributed by atoms with Gasteiger partial charge in [-0.25, -0.2) is 9.18 Å². The predicted molar refractivity (Wildman–Crippen MR) is 107 cm³/mol. The Bertz CT molecular complexity index is 1040. The Hall–Kier alpha value is -3.63. The maximum Gasteiger partial charge on any atom is 0.573 e. The van der Waals surface area contributed by atoms with Gasteiger partial charge in [-0.05, 0) is 31.5 Å². The summed E-state index contributed by atoms with van der Waals surface area (Å²) in [5.74, 6) is -2.96. The van der Waals surface area contributed by atoms with Crippen LogP contribution >= 0.6 is 0 Å². The first-order valence-electron chi connectivity index (χ1n) is 9.08. The van der Waals surface area contributed by atoms with E-state index in [1.807, 2.05) is 0 Å². The van der Waals surface area contributed by atoms with Gasteiger partial charge < -0.3 is 19.1 Å². The second-order valence-corrected chi connectivity index (χ2v) is 6.33. The van der Waals surface area contributed by atoms with E-state index in [4.69, 9.17) is 14.4 Å². The highest BCUT2D eigenvalue weighted by Gasteiger charge is 2.34. The standard InChI is InChI=1S/C21H20F4N2O5/c1-12-7-5-9-15(18(27-30-4)20(28)29-3)16(12)11-31-26-13(2)14-8-6-10-17(22)19(14)32-21(23,24)25/h5-10H,11H2,1-4H3/b26-13+,27-18+. The van der Waals surface area contributed by atoms with Crippen LogP contribution < -0.4 is 4.74 Å². The summed E-state index contributed by atoms with van der Waals surface area (Å²) < 4.78 is 60.3. The number of ether oxygens (including phenoxy) is 2. The van der Waals surface area contributed by atoms with Crippen molar-refractivity contribution < 1.29 is 41.5 Å². The van der Waals surface area contributed by atoms with Crippen LogP contribution in [0.3, 0.4) is 0 Å². The lowest BCUT2D eigenvalue weighted by atomic mass is 9.99. The van der Waals surface area contributed by atoms with Crippen LogP contribution in [0.25, 0.3) is 0 Å². The molecule has 0 spiro atoms. The number of carbonyl (C=O) groups is 1. The number of benzene rings is 2. The fraction of sp³-hybridized carbons (Fsp3) is 0.286. The number of hydrogen-bond donors (Lipinski definition) is 0. The lowest BCUT2D eigenvalue weighted by Crippen LogP contribution is -2.20. The van der Waals surface area contributed by atoms with Gasteiger partial charge in [-0.2, -0.15) is 0 Å². The number of rotatable bonds is 8. The topological polar surface area (TPSA) is 78.7 Å². The molecule has 0 saturated heterocycles. The third-order valence-electron chi connectivity index (χ3n) is 4.21. The van der Waals surface area contributed by atoms with Crippen molar-refractivity contribution in [2.24, 2.45) is 10.3 Å². The summed E-state index contributed by atoms with van der Waals surface area (Å²) in [6.45, 7) is 2.91. The zero-order valence-corrected chi connectivity index (χ0v) is 17.6. The average Bonchev–Trinajstić information content (AvgIpc) is 2.73. The molecule has 0 heterocycles. The summed E-state index contributed by atoms with van der Waals surface area (Å²) in [4.78, 5) is 22.1. The molecule has 11 heteroatoms. The Labute approximate surface area is 181 Å². The number of methoxy groups -OCH3 is 1. The number of alkyl halides is 3. The van der Waals surface area contributed by atoms with E-state index in [0.717, 1.165) is 11.6 Å². The Kier molecular flexibility index (Phi) is 8.16. The van der Waals surface area contributed by atoms with Crippen LogP contribution in [0.2, 0.25) is 0 Å². The minimum Gasteiger partial charge on any atom is -0.464 e. The predicted octanol–water partition coefficient (Wildman–Crippen LogP) is 4.50. The number of halogens is 4. The number of esters is 1. The molecule has 32 heavy (non-hydrogen) atoms. The molecule has 0 aliphatic rings. The number of aryl methyl sites for hydroxylation is 1. The summed E-state index contributed by atoms with van der Waals surface area (Å²) in [6, 6.07) is 8.30. The number of carbonyl (C=O) groups excluding carboxylic acids is 1. The second kappa shape index (κ2) is 10.6. The van der Waals surface area contributed by atoms with Crippen LogP contribution in [0, 0.1) is 12.7 Å². The Morgan fingerprint density at radius 3 is 2.31 bits per heavy atom. The molecule has 0 bridgehead atoms. The van der Waals surface area contributed by atoms with Gasteiger partial charge in [0.05, 0.1) is 12.8 Å². The van der Waals surface area contributed by atoms with Gasteiger partial charge in [-0.1, -0.05) is 34.6 Å². The van der Waals surface area contributed by atoms with E-state index >= 15 is 0 Å². The fourth-order valence-corrected chi connectivity index (χ4v) is 2.76. The maximum absolute atomic E-state index is 13.9. The highest BCUT2D eigenvalue weighted by Crippen LogP contribution is 2.30. The number of para-hydroxylation sites is 1. The first-order chi connectivity index (χ1) is 15.1. The van der Waals surface area contributed by atoms with Crippen molar-refractivity contribution in [2.45, 2.75) is 26.8 Å². The van der Waals surface area contributed by atoms with Crippen molar-refractivity contribution in [2.75, 3.05) is 14.2 Å². The van der Waals surface area contributed by atoms with Crippen LogP contribution in [0.4, 0.5) is 17.6 Å². The molecule has 2 aromatic carbocycles. The summed E-state index contributed by atoms with van der Waals surface area (Å²) >= 11 is 0. The summed E-state index contributed by atoms with van der Waals surface area (Å²) in [5.41, 5.74) is 1.19. The second-order valence-electron chi connectivity index (χ2n) is 6.33. The van der Waals surface area contributed by atoms with Crippen molar-refractivity contribution in [1.29, 1.82) is 0 Å². The zero-order chi connectivity index (χ0) is 23.9. The normalized spacial score (nSPS) is 12.4. The molecule has 0 aromatic heterocycles. The quantitative estimate of drug-likeness (QED) is 0.253. The first kappa shape index (κ1) is 24.6. The average molecular weight is 456 g/mol. The minimum absolute atomic E-state index is 0.0577. The Morgan fingerprint density at radius 1 is 1.03 bits per heavy atom. The van der Waals surface area contributed by atoms with Gasteiger partial charge in [0.1, 0.15) is 13.7 Å². The highest BCUT2D eigenvalue weighted by atomic mass is 19.4. The van der Waals surface area contributed by atoms with E-state index in [9.17, 15) is 22.4 Å². The van der Waals surface area contributed by atoms with Crippen molar-refractivity contribution in [3.8, 4) is 5.75 Å². The maximum atomic E-state index is 13.9. The summed E-state index contributed by atoms with van der Waals surface area (Å²) in [6.07, 6.45) is -5.08. The van der Waals surface area contributed by atoms with E-state index in [1.54, 1.807) is 25.1 Å². The van der Waals surface area contributed by atoms with E-state index in [-0.39, 0.29) is 23.6 Å². The molecule has 0 N–H and O–H groups in total. The van der Waals surface area contributed by atoms with Gasteiger partial charge in [0, 0.05) is 16.7 Å². The molecule has 0 radical (unpaired) electrons. The monoisotopic (exact) mass is 456 g/mol. The van der Waals surface area contributed by atoms with E-state index in [1.165, 1.54) is 33.3 Å². The molecule has 2 rings (SSSR count). The lowest BCUT2D eigenvalue weighted by molar-refractivity contribution is -0.275. The van der Waals surface area contributed by atoms with Crippen LogP contribution in [0.5, 0.6) is 5.75 Å². The van der Waals surface area contributed by atoms with Crippen LogP contribution in [0.15, 0.2) is 46.7 Å². The summed E-state index contributed by atoms with van der Waals surface area (Å²) in [7, 11) is 2.45. The van der Waals surface area contributed by atoms with Crippen LogP contribution in [-0.2, 0) is 25.8 Å². The van der Waals surface area contributed by atoms with Gasteiger partial charge in [-0.3, -0.25) is 0 Å². The van der Waals surface area contributed by atoms with E-state index < -0.39 is 23.9 Å². The van der Waals surface area contributed by atoms with Gasteiger partial charge in [0.2, 0.25) is 0 Å². The molecule has 0 amide bonds. The molecule has 7 nitrogen and oxygen atoms in total. The number of hydrogen-bond acceptors (Lipinski definition) is 7. The lowest BCUT2D eigenvalue weighted by Gasteiger charge is -2.14. The van der Waals surface area contributed by atoms with Crippen molar-refractivity contribution in [3.63, 3.8) is 0 Å². The zero-order valence-electron chi connectivity index (χ0n) is 17.6. The number of nitrogens with zero attached hydrogens (tertiary/aromatic N) is 2. The third-order valence-corrected chi connectivity index (χ3v) is 4.21. The molecule has 0 aliphatic heterocycles. The first-order valence-corrected chi connectivity index (χ1v) is 9.08. The molecule has 2 aromatic rings. The molecule has 0 atom stereocenters. The van der Waals surface area contributed by atoms with E-state index in [0.29, 0.717) is 11.1 Å². The molecular weight excluding hydrogens is 436 g/mol. The van der Waals surface area contributed by atoms with Gasteiger partial charge in [0.15, 0.2) is 17.3 Å². The van der Waals surface area contributed by atoms with Gasteiger partial charge in [-0.15, -0.1) is 13.2 Å². The Balaban J connectivity index is 2.34. The number of oxime groups is 2. The van der Waals surface area contributed by atoms with E-state index in [2.05, 4.69) is 15.0 Å². The molecule has 0 saturated carbocycles. The minimum atomic E-state index is -5.08. The summed E-state index contributed by atoms with van der Waals surface area (Å²) in [5, 5.41) is 7.49. The SMILES string of the molecule is CO/N=C(/C(=O)OC)c1cccc(C)c1CO/N=C(\C)c1cccc(F)c1OC(F)(F)F. The van der Waals surface area contributed by atoms with Crippen LogP contribution in [-0.4, -0.2) is 38.0 Å². The van der Waals surface area contributed by atoms with Crippen molar-refractivity contribution in [3.05, 3.63) is 64.5 Å². The molecule has 0 fully saturated rings. The smallest absolute Gasteiger partial charge is 0.464 e. The van der Waals surface area contributed by atoms with Crippen molar-refractivity contribution in [1.82, 2.24) is 0 Å². The van der Waals surface area contributed by atoms with Gasteiger partial charge >= 0.3 is 12.3 Å². The highest BCUT2D eigenvalue weighted by molar-refractivity contribution is 6.43. The Morgan fingerprint density at radius 2 is 1.69 bits per heavy atom.